The van der Waals surface area contributed by atoms with Gasteiger partial charge in [-0.2, -0.15) is 0 Å². The van der Waals surface area contributed by atoms with Crippen LogP contribution in [0.15, 0.2) is 11.6 Å². The first kappa shape index (κ1) is 9.50. The monoisotopic (exact) mass is 166 g/mol. The third-order valence-electron chi connectivity index (χ3n) is 2.69. The maximum Gasteiger partial charge on any atom is 0.158 e. The highest BCUT2D eigenvalue weighted by Crippen LogP contribution is 2.23. The van der Waals surface area contributed by atoms with Crippen molar-refractivity contribution in [3.05, 3.63) is 11.6 Å². The zero-order valence-electron chi connectivity index (χ0n) is 8.10. The van der Waals surface area contributed by atoms with Crippen LogP contribution in [0, 0.1) is 5.92 Å². The molecule has 0 atom stereocenters. The lowest BCUT2D eigenvalue weighted by atomic mass is 9.99. The lowest BCUT2D eigenvalue weighted by Gasteiger charge is -2.06. The Kier molecular flexibility index (Phi) is 3.51. The second-order valence-electron chi connectivity index (χ2n) is 3.55. The molecule has 1 aliphatic rings. The van der Waals surface area contributed by atoms with Crippen molar-refractivity contribution >= 4 is 5.78 Å². The van der Waals surface area contributed by atoms with Gasteiger partial charge in [0.15, 0.2) is 5.78 Å². The Morgan fingerprint density at radius 3 is 2.42 bits per heavy atom. The summed E-state index contributed by atoms with van der Waals surface area (Å²) in [7, 11) is 0. The van der Waals surface area contributed by atoms with Crippen molar-refractivity contribution in [2.75, 3.05) is 0 Å². The predicted molar refractivity (Wildman–Crippen MR) is 51.0 cm³/mol. The number of carbonyl (C=O) groups is 1. The van der Waals surface area contributed by atoms with Gasteiger partial charge in [0.05, 0.1) is 0 Å². The quantitative estimate of drug-likeness (QED) is 0.589. The normalized spacial score (nSPS) is 21.2. The van der Waals surface area contributed by atoms with Crippen molar-refractivity contribution in [2.24, 2.45) is 5.92 Å². The zero-order valence-corrected chi connectivity index (χ0v) is 8.10. The molecule has 68 valence electrons. The molecule has 1 rings (SSSR count). The number of carbonyl (C=O) groups excluding carboxylic acids is 1. The summed E-state index contributed by atoms with van der Waals surface area (Å²) in [6.45, 7) is 4.37. The van der Waals surface area contributed by atoms with Crippen molar-refractivity contribution < 1.29 is 4.79 Å². The summed E-state index contributed by atoms with van der Waals surface area (Å²) in [5.74, 6) is 1.02. The van der Waals surface area contributed by atoms with E-state index in [9.17, 15) is 4.79 Å². The lowest BCUT2D eigenvalue weighted by molar-refractivity contribution is -0.114. The first-order valence-corrected chi connectivity index (χ1v) is 5.01. The van der Waals surface area contributed by atoms with Gasteiger partial charge in [0.1, 0.15) is 0 Å². The highest BCUT2D eigenvalue weighted by atomic mass is 16.1. The molecule has 0 aromatic heterocycles. The van der Waals surface area contributed by atoms with Crippen LogP contribution in [0.4, 0.5) is 0 Å². The van der Waals surface area contributed by atoms with Crippen molar-refractivity contribution in [1.29, 1.82) is 0 Å². The fourth-order valence-electron chi connectivity index (χ4n) is 1.72. The topological polar surface area (TPSA) is 17.1 Å². The average Bonchev–Trinajstić information content (AvgIpc) is 2.47. The van der Waals surface area contributed by atoms with Crippen LogP contribution >= 0.6 is 0 Å². The van der Waals surface area contributed by atoms with E-state index in [0.717, 1.165) is 37.7 Å². The molecular formula is C11H18O. The van der Waals surface area contributed by atoms with Crippen molar-refractivity contribution in [3.8, 4) is 0 Å². The SMILES string of the molecule is CCC(C=C1CCCC1=O)CC. The maximum absolute atomic E-state index is 11.3. The van der Waals surface area contributed by atoms with Gasteiger partial charge in [0.25, 0.3) is 0 Å². The van der Waals surface area contributed by atoms with Gasteiger partial charge in [-0.3, -0.25) is 4.79 Å². The molecule has 0 heterocycles. The van der Waals surface area contributed by atoms with E-state index in [1.165, 1.54) is 0 Å². The van der Waals surface area contributed by atoms with E-state index in [1.807, 2.05) is 0 Å². The third-order valence-corrected chi connectivity index (χ3v) is 2.69. The van der Waals surface area contributed by atoms with Crippen molar-refractivity contribution in [2.45, 2.75) is 46.0 Å². The molecule has 1 aliphatic carbocycles. The highest BCUT2D eigenvalue weighted by molar-refractivity contribution is 5.97. The molecular weight excluding hydrogens is 148 g/mol. The maximum atomic E-state index is 11.3. The van der Waals surface area contributed by atoms with E-state index in [1.54, 1.807) is 0 Å². The van der Waals surface area contributed by atoms with Gasteiger partial charge in [-0.1, -0.05) is 19.9 Å². The van der Waals surface area contributed by atoms with E-state index in [2.05, 4.69) is 19.9 Å². The second-order valence-corrected chi connectivity index (χ2v) is 3.55. The number of ketones is 1. The summed E-state index contributed by atoms with van der Waals surface area (Å²) in [4.78, 5) is 11.3. The van der Waals surface area contributed by atoms with Crippen LogP contribution in [0.5, 0.6) is 0 Å². The predicted octanol–water partition coefficient (Wildman–Crippen LogP) is 3.10. The molecule has 1 nitrogen and oxygen atoms in total. The molecule has 0 spiro atoms. The van der Waals surface area contributed by atoms with Gasteiger partial charge in [-0.15, -0.1) is 0 Å². The van der Waals surface area contributed by atoms with Crippen LogP contribution in [0.25, 0.3) is 0 Å². The Morgan fingerprint density at radius 2 is 2.00 bits per heavy atom. The minimum absolute atomic E-state index is 0.391. The summed E-state index contributed by atoms with van der Waals surface area (Å²) < 4.78 is 0. The molecule has 0 aliphatic heterocycles. The molecule has 0 aromatic rings. The zero-order chi connectivity index (χ0) is 8.97. The Balaban J connectivity index is 2.59. The number of hydrogen-bond acceptors (Lipinski definition) is 1. The fourth-order valence-corrected chi connectivity index (χ4v) is 1.72. The second kappa shape index (κ2) is 4.44. The molecule has 0 saturated heterocycles. The molecule has 1 saturated carbocycles. The molecule has 0 amide bonds. The first-order valence-electron chi connectivity index (χ1n) is 5.01. The van der Waals surface area contributed by atoms with Crippen LogP contribution < -0.4 is 0 Å². The van der Waals surface area contributed by atoms with Crippen LogP contribution in [-0.2, 0) is 4.79 Å². The van der Waals surface area contributed by atoms with Gasteiger partial charge in [-0.25, -0.2) is 0 Å². The van der Waals surface area contributed by atoms with Crippen molar-refractivity contribution in [3.63, 3.8) is 0 Å². The first-order chi connectivity index (χ1) is 5.77. The Bertz CT molecular complexity index is 187. The minimum atomic E-state index is 0.391. The van der Waals surface area contributed by atoms with Crippen molar-refractivity contribution in [1.82, 2.24) is 0 Å². The molecule has 0 N–H and O–H groups in total. The smallest absolute Gasteiger partial charge is 0.158 e. The van der Waals surface area contributed by atoms with Gasteiger partial charge in [-0.05, 0) is 37.2 Å². The van der Waals surface area contributed by atoms with E-state index in [0.29, 0.717) is 11.7 Å². The Morgan fingerprint density at radius 1 is 1.33 bits per heavy atom. The number of hydrogen-bond donors (Lipinski definition) is 0. The standard InChI is InChI=1S/C11H18O/c1-3-9(4-2)8-10-6-5-7-11(10)12/h8-9H,3-7H2,1-2H3. The van der Waals surface area contributed by atoms with E-state index in [-0.39, 0.29) is 0 Å². The van der Waals surface area contributed by atoms with E-state index >= 15 is 0 Å². The van der Waals surface area contributed by atoms with Gasteiger partial charge < -0.3 is 0 Å². The third kappa shape index (κ3) is 2.20. The van der Waals surface area contributed by atoms with Crippen LogP contribution in [-0.4, -0.2) is 5.78 Å². The van der Waals surface area contributed by atoms with Crippen LogP contribution in [0.2, 0.25) is 0 Å². The van der Waals surface area contributed by atoms with Gasteiger partial charge in [0, 0.05) is 6.42 Å². The summed E-state index contributed by atoms with van der Waals surface area (Å²) in [5, 5.41) is 0. The summed E-state index contributed by atoms with van der Waals surface area (Å²) in [6.07, 6.45) is 7.40. The average molecular weight is 166 g/mol. The molecule has 0 aromatic carbocycles. The van der Waals surface area contributed by atoms with Crippen LogP contribution in [0.3, 0.4) is 0 Å². The number of Topliss-reactive ketones (excluding diaryl/α,β-unsaturated/α-hetero) is 1. The summed E-state index contributed by atoms with van der Waals surface area (Å²) in [6, 6.07) is 0. The van der Waals surface area contributed by atoms with E-state index in [4.69, 9.17) is 0 Å². The molecule has 12 heavy (non-hydrogen) atoms. The number of allylic oxidation sites excluding steroid dienone is 2. The van der Waals surface area contributed by atoms with Gasteiger partial charge in [0.2, 0.25) is 0 Å². The summed E-state index contributed by atoms with van der Waals surface area (Å²) in [5.41, 5.74) is 1.10. The van der Waals surface area contributed by atoms with Crippen LogP contribution in [0.1, 0.15) is 46.0 Å². The largest absolute Gasteiger partial charge is 0.295 e. The number of rotatable bonds is 3. The molecule has 0 unspecified atom stereocenters. The molecule has 0 radical (unpaired) electrons. The van der Waals surface area contributed by atoms with E-state index < -0.39 is 0 Å². The van der Waals surface area contributed by atoms with Gasteiger partial charge >= 0.3 is 0 Å². The molecule has 1 heteroatoms. The lowest BCUT2D eigenvalue weighted by Crippen LogP contribution is -1.98. The molecule has 1 fully saturated rings. The molecule has 0 bridgehead atoms. The Hall–Kier alpha value is -0.590. The fraction of sp³-hybridized carbons (Fsp3) is 0.727. The highest BCUT2D eigenvalue weighted by Gasteiger charge is 2.17. The minimum Gasteiger partial charge on any atom is -0.295 e. The summed E-state index contributed by atoms with van der Waals surface area (Å²) >= 11 is 0. The Labute approximate surface area is 74.9 Å².